The van der Waals surface area contributed by atoms with E-state index in [-0.39, 0.29) is 12.3 Å². The molecule has 1 atom stereocenters. The van der Waals surface area contributed by atoms with E-state index in [1.54, 1.807) is 11.8 Å². The molecule has 0 aliphatic heterocycles. The summed E-state index contributed by atoms with van der Waals surface area (Å²) < 4.78 is 0. The van der Waals surface area contributed by atoms with Crippen molar-refractivity contribution in [1.29, 1.82) is 0 Å². The van der Waals surface area contributed by atoms with Crippen molar-refractivity contribution in [1.82, 2.24) is 0 Å². The third-order valence-electron chi connectivity index (χ3n) is 2.82. The Balaban J connectivity index is 2.83. The molecule has 0 saturated heterocycles. The highest BCUT2D eigenvalue weighted by molar-refractivity contribution is 7.99. The second-order valence-corrected chi connectivity index (χ2v) is 5.79. The van der Waals surface area contributed by atoms with E-state index in [4.69, 9.17) is 5.11 Å². The van der Waals surface area contributed by atoms with Crippen LogP contribution in [-0.4, -0.2) is 16.8 Å². The van der Waals surface area contributed by atoms with Gasteiger partial charge in [0.2, 0.25) is 0 Å². The summed E-state index contributed by atoms with van der Waals surface area (Å²) in [6.07, 6.45) is 0.206. The zero-order chi connectivity index (χ0) is 12.8. The Labute approximate surface area is 107 Å². The second-order valence-electron chi connectivity index (χ2n) is 4.45. The van der Waals surface area contributed by atoms with Gasteiger partial charge in [0, 0.05) is 4.90 Å². The van der Waals surface area contributed by atoms with Gasteiger partial charge < -0.3 is 5.11 Å². The van der Waals surface area contributed by atoms with Crippen LogP contribution >= 0.6 is 11.8 Å². The first kappa shape index (κ1) is 14.1. The fourth-order valence-corrected chi connectivity index (χ4v) is 2.57. The molecule has 0 amide bonds. The molecule has 0 fully saturated rings. The molecule has 0 radical (unpaired) electrons. The highest BCUT2D eigenvalue weighted by atomic mass is 32.2. The quantitative estimate of drug-likeness (QED) is 0.777. The molecule has 1 aromatic rings. The lowest BCUT2D eigenvalue weighted by molar-refractivity contribution is -0.137. The Morgan fingerprint density at radius 2 is 1.88 bits per heavy atom. The van der Waals surface area contributed by atoms with Crippen molar-refractivity contribution in [2.75, 3.05) is 5.75 Å². The molecule has 2 nitrogen and oxygen atoms in total. The van der Waals surface area contributed by atoms with Crippen molar-refractivity contribution in [2.45, 2.75) is 38.0 Å². The lowest BCUT2D eigenvalue weighted by Gasteiger charge is -2.19. The lowest BCUT2D eigenvalue weighted by Crippen LogP contribution is -2.12. The lowest BCUT2D eigenvalue weighted by atomic mass is 9.86. The maximum Gasteiger partial charge on any atom is 0.303 e. The average Bonchev–Trinajstić information content (AvgIpc) is 2.27. The number of hydrogen-bond donors (Lipinski definition) is 1. The van der Waals surface area contributed by atoms with E-state index in [1.165, 1.54) is 4.90 Å². The molecule has 1 N–H and O–H groups in total. The van der Waals surface area contributed by atoms with E-state index < -0.39 is 5.97 Å². The summed E-state index contributed by atoms with van der Waals surface area (Å²) in [6, 6.07) is 8.29. The van der Waals surface area contributed by atoms with Crippen LogP contribution in [0.15, 0.2) is 29.2 Å². The van der Waals surface area contributed by atoms with Crippen LogP contribution in [-0.2, 0) is 4.79 Å². The van der Waals surface area contributed by atoms with Gasteiger partial charge in [-0.3, -0.25) is 4.79 Å². The Kier molecular flexibility index (Phi) is 5.56. The second kappa shape index (κ2) is 6.70. The number of carboxylic acid groups (broad SMARTS) is 1. The molecule has 1 rings (SSSR count). The number of aliphatic carboxylic acids is 1. The fraction of sp³-hybridized carbons (Fsp3) is 0.500. The van der Waals surface area contributed by atoms with E-state index in [0.717, 1.165) is 11.3 Å². The van der Waals surface area contributed by atoms with Crippen molar-refractivity contribution in [2.24, 2.45) is 5.92 Å². The summed E-state index contributed by atoms with van der Waals surface area (Å²) in [5.41, 5.74) is 1.13. The van der Waals surface area contributed by atoms with Gasteiger partial charge in [-0.2, -0.15) is 0 Å². The van der Waals surface area contributed by atoms with E-state index >= 15 is 0 Å². The third kappa shape index (κ3) is 4.43. The van der Waals surface area contributed by atoms with Gasteiger partial charge in [-0.1, -0.05) is 32.9 Å². The zero-order valence-corrected chi connectivity index (χ0v) is 11.5. The average molecular weight is 252 g/mol. The van der Waals surface area contributed by atoms with Crippen LogP contribution in [0.25, 0.3) is 0 Å². The first-order chi connectivity index (χ1) is 8.04. The summed E-state index contributed by atoms with van der Waals surface area (Å²) in [6.45, 7) is 6.27. The topological polar surface area (TPSA) is 37.3 Å². The first-order valence-corrected chi connectivity index (χ1v) is 6.97. The minimum absolute atomic E-state index is 0.105. The Bertz CT molecular complexity index is 357. The molecule has 94 valence electrons. The van der Waals surface area contributed by atoms with E-state index in [1.807, 2.05) is 0 Å². The van der Waals surface area contributed by atoms with Gasteiger partial charge in [0.1, 0.15) is 0 Å². The number of carboxylic acids is 1. The predicted molar refractivity (Wildman–Crippen MR) is 72.7 cm³/mol. The molecule has 0 saturated carbocycles. The number of benzene rings is 1. The maximum atomic E-state index is 10.9. The van der Waals surface area contributed by atoms with Crippen molar-refractivity contribution >= 4 is 17.7 Å². The van der Waals surface area contributed by atoms with Crippen LogP contribution in [0.4, 0.5) is 0 Å². The fourth-order valence-electron chi connectivity index (χ4n) is 1.90. The van der Waals surface area contributed by atoms with Gasteiger partial charge in [0.05, 0.1) is 6.42 Å². The van der Waals surface area contributed by atoms with Gasteiger partial charge in [-0.05, 0) is 35.3 Å². The standard InChI is InChI=1S/C14H20O2S/c1-4-17-12-7-5-11(6-8-12)13(10(2)3)9-14(15)16/h5-8,10,13H,4,9H2,1-3H3,(H,15,16). The molecular formula is C14H20O2S. The predicted octanol–water partition coefficient (Wildman–Crippen LogP) is 4.01. The minimum atomic E-state index is -0.726. The van der Waals surface area contributed by atoms with Crippen molar-refractivity contribution < 1.29 is 9.90 Å². The number of hydrogen-bond acceptors (Lipinski definition) is 2. The molecule has 0 aliphatic rings. The van der Waals surface area contributed by atoms with Gasteiger partial charge in [-0.25, -0.2) is 0 Å². The highest BCUT2D eigenvalue weighted by Crippen LogP contribution is 2.29. The third-order valence-corrected chi connectivity index (χ3v) is 3.71. The molecule has 3 heteroatoms. The minimum Gasteiger partial charge on any atom is -0.481 e. The van der Waals surface area contributed by atoms with Gasteiger partial charge in [0.25, 0.3) is 0 Å². The van der Waals surface area contributed by atoms with E-state index in [0.29, 0.717) is 5.92 Å². The summed E-state index contributed by atoms with van der Waals surface area (Å²) >= 11 is 1.80. The molecule has 0 bridgehead atoms. The Hall–Kier alpha value is -0.960. The van der Waals surface area contributed by atoms with Crippen LogP contribution < -0.4 is 0 Å². The Morgan fingerprint density at radius 1 is 1.29 bits per heavy atom. The number of carbonyl (C=O) groups is 1. The monoisotopic (exact) mass is 252 g/mol. The molecule has 0 aromatic heterocycles. The molecule has 0 spiro atoms. The van der Waals surface area contributed by atoms with Gasteiger partial charge in [0.15, 0.2) is 0 Å². The summed E-state index contributed by atoms with van der Waals surface area (Å²) in [4.78, 5) is 12.1. The normalized spacial score (nSPS) is 12.7. The van der Waals surface area contributed by atoms with E-state index in [9.17, 15) is 4.79 Å². The summed E-state index contributed by atoms with van der Waals surface area (Å²) in [5.74, 6) is 0.780. The summed E-state index contributed by atoms with van der Waals surface area (Å²) in [7, 11) is 0. The van der Waals surface area contributed by atoms with Crippen LogP contribution in [0.3, 0.4) is 0 Å². The van der Waals surface area contributed by atoms with Crippen molar-refractivity contribution in [3.05, 3.63) is 29.8 Å². The smallest absolute Gasteiger partial charge is 0.303 e. The van der Waals surface area contributed by atoms with Gasteiger partial charge in [-0.15, -0.1) is 11.8 Å². The molecule has 0 heterocycles. The van der Waals surface area contributed by atoms with Crippen LogP contribution in [0, 0.1) is 5.92 Å². The molecule has 17 heavy (non-hydrogen) atoms. The Morgan fingerprint density at radius 3 is 2.29 bits per heavy atom. The first-order valence-electron chi connectivity index (χ1n) is 5.99. The molecule has 1 unspecified atom stereocenters. The van der Waals surface area contributed by atoms with E-state index in [2.05, 4.69) is 45.0 Å². The van der Waals surface area contributed by atoms with Crippen LogP contribution in [0.2, 0.25) is 0 Å². The van der Waals surface area contributed by atoms with Crippen LogP contribution in [0.5, 0.6) is 0 Å². The highest BCUT2D eigenvalue weighted by Gasteiger charge is 2.18. The zero-order valence-electron chi connectivity index (χ0n) is 10.6. The number of rotatable bonds is 6. The number of thioether (sulfide) groups is 1. The van der Waals surface area contributed by atoms with Crippen molar-refractivity contribution in [3.8, 4) is 0 Å². The maximum absolute atomic E-state index is 10.9. The van der Waals surface area contributed by atoms with Crippen LogP contribution in [0.1, 0.15) is 38.7 Å². The SMILES string of the molecule is CCSc1ccc(C(CC(=O)O)C(C)C)cc1. The molecular weight excluding hydrogens is 232 g/mol. The van der Waals surface area contributed by atoms with Gasteiger partial charge >= 0.3 is 5.97 Å². The largest absolute Gasteiger partial charge is 0.481 e. The molecule has 0 aliphatic carbocycles. The summed E-state index contributed by atoms with van der Waals surface area (Å²) in [5, 5.41) is 8.93. The van der Waals surface area contributed by atoms with Crippen molar-refractivity contribution in [3.63, 3.8) is 0 Å². The molecule has 1 aromatic carbocycles.